The molecule has 0 aliphatic heterocycles. The monoisotopic (exact) mass is 519 g/mol. The lowest BCUT2D eigenvalue weighted by molar-refractivity contribution is 0.0959. The Hall–Kier alpha value is -4.09. The number of ketones is 1. The zero-order valence-corrected chi connectivity index (χ0v) is 21.8. The number of rotatable bonds is 7. The maximum Gasteiger partial charge on any atom is 0.253 e. The quantitative estimate of drug-likeness (QED) is 0.221. The first kappa shape index (κ1) is 24.3. The van der Waals surface area contributed by atoms with Gasteiger partial charge in [-0.2, -0.15) is 0 Å². The first-order valence-corrected chi connectivity index (χ1v) is 13.5. The van der Waals surface area contributed by atoms with Crippen LogP contribution in [-0.4, -0.2) is 18.7 Å². The maximum atomic E-state index is 13.5. The van der Waals surface area contributed by atoms with Gasteiger partial charge in [-0.3, -0.25) is 9.59 Å². The minimum atomic E-state index is -0.315. The Morgan fingerprint density at radius 2 is 1.55 bits per heavy atom. The molecule has 1 fully saturated rings. The summed E-state index contributed by atoms with van der Waals surface area (Å²) in [6.07, 6.45) is 2.58. The van der Waals surface area contributed by atoms with Crippen molar-refractivity contribution in [1.82, 2.24) is 5.32 Å². The minimum absolute atomic E-state index is 0.0386. The molecule has 1 amide bonds. The van der Waals surface area contributed by atoms with Crippen molar-refractivity contribution in [2.45, 2.75) is 24.7 Å². The molecule has 5 heteroatoms. The average Bonchev–Trinajstić information content (AvgIpc) is 3.64. The van der Waals surface area contributed by atoms with Crippen LogP contribution >= 0.6 is 11.3 Å². The number of Topliss-reactive ketones (excluding diaryl/α,β-unsaturated/α-hetero) is 1. The number of carbonyl (C=O) groups excluding carboxylic acids is 2. The van der Waals surface area contributed by atoms with Gasteiger partial charge in [-0.1, -0.05) is 66.7 Å². The molecule has 0 spiro atoms. The van der Waals surface area contributed by atoms with Crippen molar-refractivity contribution in [3.63, 3.8) is 0 Å². The predicted molar refractivity (Wildman–Crippen MR) is 152 cm³/mol. The molecule has 1 saturated carbocycles. The van der Waals surface area contributed by atoms with Gasteiger partial charge in [0, 0.05) is 39.4 Å². The van der Waals surface area contributed by atoms with Crippen LogP contribution in [0.3, 0.4) is 0 Å². The molecule has 0 radical (unpaired) electrons. The third kappa shape index (κ3) is 4.44. The largest absolute Gasteiger partial charge is 0.355 e. The number of hydrogen-bond donors (Lipinski definition) is 1. The Morgan fingerprint density at radius 3 is 2.26 bits per heavy atom. The molecule has 0 saturated heterocycles. The van der Waals surface area contributed by atoms with E-state index in [9.17, 15) is 14.0 Å². The van der Waals surface area contributed by atoms with E-state index >= 15 is 0 Å². The number of thiophene rings is 1. The second-order valence-electron chi connectivity index (χ2n) is 9.93. The predicted octanol–water partition coefficient (Wildman–Crippen LogP) is 8.04. The molecule has 3 nitrogen and oxygen atoms in total. The third-order valence-corrected chi connectivity index (χ3v) is 8.72. The van der Waals surface area contributed by atoms with E-state index in [-0.39, 0.29) is 22.9 Å². The summed E-state index contributed by atoms with van der Waals surface area (Å²) < 4.78 is 14.5. The Balaban J connectivity index is 1.35. The summed E-state index contributed by atoms with van der Waals surface area (Å²) in [6.45, 7) is 0. The zero-order valence-electron chi connectivity index (χ0n) is 21.0. The van der Waals surface area contributed by atoms with Crippen LogP contribution in [0.25, 0.3) is 31.7 Å². The van der Waals surface area contributed by atoms with Crippen molar-refractivity contribution >= 4 is 33.1 Å². The lowest BCUT2D eigenvalue weighted by Gasteiger charge is -2.15. The van der Waals surface area contributed by atoms with E-state index in [2.05, 4.69) is 17.4 Å². The van der Waals surface area contributed by atoms with E-state index in [1.807, 2.05) is 60.7 Å². The Kier molecular flexibility index (Phi) is 6.16. The van der Waals surface area contributed by atoms with Gasteiger partial charge in [0.2, 0.25) is 0 Å². The van der Waals surface area contributed by atoms with E-state index < -0.39 is 0 Å². The molecule has 0 unspecified atom stereocenters. The normalized spacial score (nSPS) is 13.8. The lowest BCUT2D eigenvalue weighted by atomic mass is 9.88. The fourth-order valence-electron chi connectivity index (χ4n) is 5.22. The first-order valence-electron chi connectivity index (χ1n) is 12.7. The summed E-state index contributed by atoms with van der Waals surface area (Å²) in [6, 6.07) is 30.3. The molecule has 1 aromatic heterocycles. The average molecular weight is 520 g/mol. The molecule has 0 atom stereocenters. The highest BCUT2D eigenvalue weighted by Gasteiger charge is 2.45. The van der Waals surface area contributed by atoms with Gasteiger partial charge in [0.1, 0.15) is 5.82 Å². The Morgan fingerprint density at radius 1 is 0.842 bits per heavy atom. The third-order valence-electron chi connectivity index (χ3n) is 7.51. The van der Waals surface area contributed by atoms with Gasteiger partial charge in [-0.05, 0) is 65.4 Å². The van der Waals surface area contributed by atoms with Gasteiger partial charge in [0.15, 0.2) is 5.78 Å². The van der Waals surface area contributed by atoms with Crippen LogP contribution in [-0.2, 0) is 5.41 Å². The Labute approximate surface area is 225 Å². The van der Waals surface area contributed by atoms with Gasteiger partial charge in [0.05, 0.1) is 5.56 Å². The molecular formula is C33H26FNO2S. The smallest absolute Gasteiger partial charge is 0.253 e. The molecule has 1 N–H and O–H groups in total. The van der Waals surface area contributed by atoms with Crippen molar-refractivity contribution in [2.75, 3.05) is 7.05 Å². The molecular weight excluding hydrogens is 493 g/mol. The lowest BCUT2D eigenvalue weighted by Crippen LogP contribution is -2.18. The summed E-state index contributed by atoms with van der Waals surface area (Å²) >= 11 is 1.51. The van der Waals surface area contributed by atoms with Crippen LogP contribution in [0.2, 0.25) is 0 Å². The minimum Gasteiger partial charge on any atom is -0.355 e. The number of halogens is 1. The molecule has 5 aromatic rings. The molecule has 1 heterocycles. The molecule has 4 aromatic carbocycles. The second-order valence-corrected chi connectivity index (χ2v) is 11.0. The molecule has 1 aliphatic rings. The summed E-state index contributed by atoms with van der Waals surface area (Å²) in [7, 11) is 1.61. The van der Waals surface area contributed by atoms with E-state index in [4.69, 9.17) is 0 Å². The zero-order chi connectivity index (χ0) is 26.3. The van der Waals surface area contributed by atoms with Crippen LogP contribution < -0.4 is 5.32 Å². The fraction of sp³-hybridized carbons (Fsp3) is 0.152. The van der Waals surface area contributed by atoms with Crippen molar-refractivity contribution in [1.29, 1.82) is 0 Å². The number of nitrogens with one attached hydrogen (secondary N) is 1. The van der Waals surface area contributed by atoms with Crippen LogP contribution in [0.15, 0.2) is 97.1 Å². The molecule has 1 aliphatic carbocycles. The highest BCUT2D eigenvalue weighted by molar-refractivity contribution is 7.22. The number of hydrogen-bond acceptors (Lipinski definition) is 3. The van der Waals surface area contributed by atoms with E-state index in [1.54, 1.807) is 19.2 Å². The van der Waals surface area contributed by atoms with E-state index in [1.165, 1.54) is 29.0 Å². The van der Waals surface area contributed by atoms with Crippen LogP contribution in [0.5, 0.6) is 0 Å². The molecule has 0 bridgehead atoms. The number of benzene rings is 4. The number of amides is 1. The molecule has 6 rings (SSSR count). The van der Waals surface area contributed by atoms with Crippen molar-refractivity contribution in [2.24, 2.45) is 0 Å². The summed E-state index contributed by atoms with van der Waals surface area (Å²) in [4.78, 5) is 27.1. The summed E-state index contributed by atoms with van der Waals surface area (Å²) in [5.74, 6) is -0.355. The van der Waals surface area contributed by atoms with Gasteiger partial charge in [0.25, 0.3) is 5.91 Å². The van der Waals surface area contributed by atoms with E-state index in [0.717, 1.165) is 44.5 Å². The topological polar surface area (TPSA) is 46.2 Å². The van der Waals surface area contributed by atoms with Crippen molar-refractivity contribution < 1.29 is 14.0 Å². The van der Waals surface area contributed by atoms with Crippen LogP contribution in [0, 0.1) is 5.82 Å². The van der Waals surface area contributed by atoms with Crippen molar-refractivity contribution in [3.05, 3.63) is 120 Å². The highest BCUT2D eigenvalue weighted by atomic mass is 32.1. The molecule has 188 valence electrons. The standard InChI is InChI=1S/C33H26FNO2S/c1-35-32(37)30-27-19-23(12-15-29(27)38-31(30)21-10-13-26(34)14-11-21)22-6-5-7-24(18-22)28(36)20-33(16-17-33)25-8-3-2-4-9-25/h2-15,18-19H,16-17,20H2,1H3,(H,35,37). The van der Waals surface area contributed by atoms with Gasteiger partial charge < -0.3 is 5.32 Å². The summed E-state index contributed by atoms with van der Waals surface area (Å²) in [5, 5.41) is 3.59. The second kappa shape index (κ2) is 9.66. The van der Waals surface area contributed by atoms with Crippen molar-refractivity contribution in [3.8, 4) is 21.6 Å². The number of fused-ring (bicyclic) bond motifs is 1. The Bertz CT molecular complexity index is 1670. The highest BCUT2D eigenvalue weighted by Crippen LogP contribution is 2.51. The van der Waals surface area contributed by atoms with Gasteiger partial charge >= 0.3 is 0 Å². The van der Waals surface area contributed by atoms with Gasteiger partial charge in [-0.15, -0.1) is 11.3 Å². The fourth-order valence-corrected chi connectivity index (χ4v) is 6.41. The van der Waals surface area contributed by atoms with Crippen LogP contribution in [0.4, 0.5) is 4.39 Å². The van der Waals surface area contributed by atoms with Gasteiger partial charge in [-0.25, -0.2) is 4.39 Å². The number of carbonyl (C=O) groups is 2. The SMILES string of the molecule is CNC(=O)c1c(-c2ccc(F)cc2)sc2ccc(-c3cccc(C(=O)CC4(c5ccccc5)CC4)c3)cc12. The summed E-state index contributed by atoms with van der Waals surface area (Å²) in [5.41, 5.74) is 5.15. The van der Waals surface area contributed by atoms with Crippen LogP contribution in [0.1, 0.15) is 45.5 Å². The molecule has 38 heavy (non-hydrogen) atoms. The maximum absolute atomic E-state index is 13.5. The first-order chi connectivity index (χ1) is 18.5. The van der Waals surface area contributed by atoms with E-state index in [0.29, 0.717) is 17.5 Å².